The normalized spacial score (nSPS) is 27.4. The summed E-state index contributed by atoms with van der Waals surface area (Å²) < 4.78 is 24.1. The van der Waals surface area contributed by atoms with Crippen molar-refractivity contribution in [3.05, 3.63) is 53.6 Å². The zero-order valence-corrected chi connectivity index (χ0v) is 36.5. The number of hydrazone groups is 1. The highest BCUT2D eigenvalue weighted by molar-refractivity contribution is 6.01. The van der Waals surface area contributed by atoms with Crippen molar-refractivity contribution in [2.75, 3.05) is 33.0 Å². The Hall–Kier alpha value is -4.02. The van der Waals surface area contributed by atoms with Gasteiger partial charge in [0.2, 0.25) is 11.8 Å². The minimum Gasteiger partial charge on any atom is -0.393 e. The van der Waals surface area contributed by atoms with Gasteiger partial charge >= 0.3 is 0 Å². The smallest absolute Gasteiger partial charge is 0.251 e. The Bertz CT molecular complexity index is 1720. The second kappa shape index (κ2) is 22.7. The second-order valence-electron chi connectivity index (χ2n) is 17.5. The number of aromatic nitrogens is 2. The Morgan fingerprint density at radius 3 is 2.37 bits per heavy atom. The predicted molar refractivity (Wildman–Crippen MR) is 226 cm³/mol. The molecule has 15 nitrogen and oxygen atoms in total. The van der Waals surface area contributed by atoms with Crippen LogP contribution in [-0.4, -0.2) is 108 Å². The molecule has 1 aromatic carbocycles. The molecule has 6 unspecified atom stereocenters. The molecular formula is C45H68N6O9. The largest absolute Gasteiger partial charge is 0.393 e. The van der Waals surface area contributed by atoms with Crippen LogP contribution in [0.4, 0.5) is 0 Å². The Kier molecular flexibility index (Phi) is 17.8. The van der Waals surface area contributed by atoms with Gasteiger partial charge in [0.15, 0.2) is 12.1 Å². The van der Waals surface area contributed by atoms with Gasteiger partial charge in [-0.1, -0.05) is 39.3 Å². The van der Waals surface area contributed by atoms with Crippen LogP contribution in [0.3, 0.4) is 0 Å². The molecule has 2 aliphatic heterocycles. The number of aliphatic hydroxyl groups excluding tert-OH is 1. The highest BCUT2D eigenvalue weighted by Gasteiger charge is 2.52. The molecule has 3 fully saturated rings. The maximum absolute atomic E-state index is 13.2. The van der Waals surface area contributed by atoms with Crippen LogP contribution >= 0.6 is 0 Å². The van der Waals surface area contributed by atoms with E-state index < -0.39 is 17.9 Å². The Morgan fingerprint density at radius 2 is 1.65 bits per heavy atom. The van der Waals surface area contributed by atoms with Crippen LogP contribution in [0.1, 0.15) is 109 Å². The second-order valence-corrected chi connectivity index (χ2v) is 17.5. The maximum atomic E-state index is 13.2. The number of hydrogen-bond acceptors (Lipinski definition) is 11. The van der Waals surface area contributed by atoms with Gasteiger partial charge in [-0.2, -0.15) is 5.10 Å². The number of nitrogens with one attached hydrogen (secondary N) is 4. The molecule has 1 aromatic heterocycles. The number of rotatable bonds is 21. The molecule has 5 N–H and O–H groups in total. The highest BCUT2D eigenvalue weighted by Crippen LogP contribution is 2.52. The van der Waals surface area contributed by atoms with Crippen molar-refractivity contribution in [2.24, 2.45) is 46.5 Å². The molecule has 12 atom stereocenters. The lowest BCUT2D eigenvalue weighted by molar-refractivity contribution is -0.279. The van der Waals surface area contributed by atoms with E-state index in [0.717, 1.165) is 17.7 Å². The summed E-state index contributed by atoms with van der Waals surface area (Å²) in [5, 5.41) is 20.2. The lowest BCUT2D eigenvalue weighted by Gasteiger charge is -2.52. The van der Waals surface area contributed by atoms with Gasteiger partial charge in [0.05, 0.1) is 56.1 Å². The van der Waals surface area contributed by atoms with Gasteiger partial charge in [-0.25, -0.2) is 10.4 Å². The number of ether oxygens (including phenoxy) is 4. The third-order valence-corrected chi connectivity index (χ3v) is 12.8. The summed E-state index contributed by atoms with van der Waals surface area (Å²) >= 11 is 0. The molecule has 3 heterocycles. The van der Waals surface area contributed by atoms with E-state index in [9.17, 15) is 24.3 Å². The van der Waals surface area contributed by atoms with E-state index in [1.54, 1.807) is 36.8 Å². The van der Waals surface area contributed by atoms with E-state index in [4.69, 9.17) is 18.9 Å². The first-order chi connectivity index (χ1) is 28.7. The maximum Gasteiger partial charge on any atom is 0.251 e. The summed E-state index contributed by atoms with van der Waals surface area (Å²) in [7, 11) is 0. The molecule has 2 saturated heterocycles. The Labute approximate surface area is 354 Å². The average molecular weight is 837 g/mol. The van der Waals surface area contributed by atoms with Gasteiger partial charge in [0.25, 0.3) is 5.91 Å². The molecule has 0 radical (unpaired) electrons. The van der Waals surface area contributed by atoms with Crippen LogP contribution in [0, 0.1) is 41.4 Å². The third kappa shape index (κ3) is 13.2. The van der Waals surface area contributed by atoms with Gasteiger partial charge in [-0.15, -0.1) is 0 Å². The van der Waals surface area contributed by atoms with E-state index in [2.05, 4.69) is 51.9 Å². The van der Waals surface area contributed by atoms with Crippen LogP contribution in [-0.2, 0) is 39.8 Å². The van der Waals surface area contributed by atoms with Crippen LogP contribution in [0.15, 0.2) is 41.9 Å². The number of benzene rings is 1. The topological polar surface area (TPSA) is 203 Å². The van der Waals surface area contributed by atoms with Crippen LogP contribution in [0.5, 0.6) is 0 Å². The zero-order chi connectivity index (χ0) is 43.3. The minimum atomic E-state index is -1.01. The van der Waals surface area contributed by atoms with Gasteiger partial charge in [0.1, 0.15) is 6.61 Å². The molecule has 3 amide bonds. The number of aliphatic hydroxyl groups is 1. The molecule has 0 bridgehead atoms. The lowest BCUT2D eigenvalue weighted by atomic mass is 9.60. The van der Waals surface area contributed by atoms with Crippen molar-refractivity contribution < 1.29 is 43.2 Å². The van der Waals surface area contributed by atoms with E-state index in [0.29, 0.717) is 53.7 Å². The first kappa shape index (κ1) is 47.0. The first-order valence-electron chi connectivity index (χ1n) is 21.9. The zero-order valence-electron chi connectivity index (χ0n) is 36.5. The fourth-order valence-corrected chi connectivity index (χ4v) is 9.12. The number of H-pyrrole nitrogens is 1. The number of amides is 3. The van der Waals surface area contributed by atoms with Gasteiger partial charge in [0, 0.05) is 54.7 Å². The van der Waals surface area contributed by atoms with E-state index in [-0.39, 0.29) is 87.4 Å². The fourth-order valence-electron chi connectivity index (χ4n) is 9.12. The molecule has 0 spiro atoms. The summed E-state index contributed by atoms with van der Waals surface area (Å²) in [6.45, 7) is 14.5. The number of nitrogens with zero attached hydrogens (tertiary/aromatic N) is 2. The van der Waals surface area contributed by atoms with Crippen molar-refractivity contribution in [1.29, 1.82) is 0 Å². The predicted octanol–water partition coefficient (Wildman–Crippen LogP) is 4.58. The average Bonchev–Trinajstić information content (AvgIpc) is 3.67. The molecule has 5 rings (SSSR count). The van der Waals surface area contributed by atoms with Gasteiger partial charge < -0.3 is 39.7 Å². The van der Waals surface area contributed by atoms with Crippen molar-refractivity contribution in [1.82, 2.24) is 26.0 Å². The molecule has 15 heteroatoms. The fraction of sp³-hybridized carbons (Fsp3) is 0.689. The number of hydrogen-bond donors (Lipinski definition) is 5. The first-order valence-corrected chi connectivity index (χ1v) is 21.9. The number of ketones is 1. The molecule has 2 aromatic rings. The summed E-state index contributed by atoms with van der Waals surface area (Å²) in [4.78, 5) is 58.1. The molecule has 1 saturated carbocycles. The standard InChI is InChI=1S/C45H68N6O9/c1-26-8-14-38-30(5)40(60-45-41(38)37(26)15-9-29(4)59-45)20-27(2)42(54)51-50-31(6)33-10-12-34(13-11-33)43(55)47-16-17-57-18-19-58-24-36(53)22-39(32(7)52)44(56)49-28(3)21-35-23-46-25-48-35/h10-13,23,25-30,32,37-41,45,52H,8-9,14-22,24H2,1-7H3,(H,46,48)(H,47,55)(H,49,56)(H,51,54)/b50-31+/t26-,27?,28+,29-,30+,32+,37?,38?,39?,40?,41?,45+/m0/s1. The summed E-state index contributed by atoms with van der Waals surface area (Å²) in [5.41, 5.74) is 5.48. The van der Waals surface area contributed by atoms with E-state index >= 15 is 0 Å². The third-order valence-electron chi connectivity index (χ3n) is 12.8. The van der Waals surface area contributed by atoms with Crippen molar-refractivity contribution in [3.8, 4) is 0 Å². The lowest BCUT2D eigenvalue weighted by Crippen LogP contribution is -2.53. The molecule has 332 valence electrons. The molecule has 3 aliphatic rings. The van der Waals surface area contributed by atoms with Crippen LogP contribution < -0.4 is 16.1 Å². The van der Waals surface area contributed by atoms with E-state index in [1.165, 1.54) is 26.2 Å². The molecule has 1 aliphatic carbocycles. The number of carbonyl (C=O) groups excluding carboxylic acids is 4. The number of Topliss-reactive ketones (excluding diaryl/α,β-unsaturated/α-hetero) is 1. The number of aromatic amines is 1. The Morgan fingerprint density at radius 1 is 0.933 bits per heavy atom. The highest BCUT2D eigenvalue weighted by atomic mass is 16.7. The SMILES string of the molecule is C/C(=N\NC(=O)C(C)CC1O[C@H]2O[C@@H](C)CCC3C2C(CC[C@@H]3C)[C@H]1C)c1ccc(C(=O)NCCOCCOCC(=O)CC(C(=O)N[C@H](C)Cc2cnc[nH]2)[C@@H](C)O)cc1. The monoisotopic (exact) mass is 837 g/mol. The quantitative estimate of drug-likeness (QED) is 0.0673. The number of imidazole rings is 1. The van der Waals surface area contributed by atoms with Crippen molar-refractivity contribution in [3.63, 3.8) is 0 Å². The van der Waals surface area contributed by atoms with Crippen molar-refractivity contribution in [2.45, 2.75) is 124 Å². The molecular weight excluding hydrogens is 769 g/mol. The van der Waals surface area contributed by atoms with Crippen molar-refractivity contribution >= 4 is 29.2 Å². The summed E-state index contributed by atoms with van der Waals surface area (Å²) in [6.07, 6.45) is 7.84. The van der Waals surface area contributed by atoms with Gasteiger partial charge in [-0.3, -0.25) is 19.2 Å². The summed E-state index contributed by atoms with van der Waals surface area (Å²) in [5.74, 6) is 0.332. The van der Waals surface area contributed by atoms with E-state index in [1.807, 2.05) is 20.8 Å². The summed E-state index contributed by atoms with van der Waals surface area (Å²) in [6, 6.07) is 6.77. The van der Waals surface area contributed by atoms with Crippen LogP contribution in [0.25, 0.3) is 0 Å². The Balaban J connectivity index is 0.953. The molecule has 60 heavy (non-hydrogen) atoms. The number of carbonyl (C=O) groups is 4. The van der Waals surface area contributed by atoms with Gasteiger partial charge in [-0.05, 0) is 94.7 Å². The minimum absolute atomic E-state index is 0.0546. The van der Waals surface area contributed by atoms with Crippen LogP contribution in [0.2, 0.25) is 0 Å².